The fraction of sp³-hybridized carbons (Fsp3) is 0.400. The summed E-state index contributed by atoms with van der Waals surface area (Å²) in [6.07, 6.45) is 0.996. The van der Waals surface area contributed by atoms with E-state index in [1.54, 1.807) is 6.07 Å². The lowest BCUT2D eigenvalue weighted by Gasteiger charge is -2.03. The predicted octanol–water partition coefficient (Wildman–Crippen LogP) is 1.20. The topological polar surface area (TPSA) is 85.7 Å². The van der Waals surface area contributed by atoms with Crippen LogP contribution in [0.15, 0.2) is 12.1 Å². The maximum Gasteiger partial charge on any atom is 0.306 e. The normalized spacial score (nSPS) is 9.43. The number of nitrogens with zero attached hydrogens (tertiary/aromatic N) is 1. The molecular weight excluding hydrogens is 274 g/mol. The number of hydrogen-bond donors (Lipinski definition) is 1. The molecule has 1 N–H and O–H groups in total. The van der Waals surface area contributed by atoms with Crippen molar-refractivity contribution in [2.45, 2.75) is 25.7 Å². The number of aromatic nitrogens is 1. The quantitative estimate of drug-likeness (QED) is 0.648. The number of aryl methyl sites for hydroxylation is 1. The van der Waals surface area contributed by atoms with Crippen LogP contribution < -0.4 is 0 Å². The Morgan fingerprint density at radius 2 is 1.86 bits per heavy atom. The van der Waals surface area contributed by atoms with Gasteiger partial charge in [-0.1, -0.05) is 5.92 Å². The van der Waals surface area contributed by atoms with Crippen molar-refractivity contribution >= 4 is 11.9 Å². The minimum absolute atomic E-state index is 0.0130. The molecule has 6 nitrogen and oxygen atoms in total. The SMILES string of the molecule is COC(=O)CCC#Cc1ccc(O)c(CCC(=O)OC)n1. The van der Waals surface area contributed by atoms with Crippen LogP contribution in [0.2, 0.25) is 0 Å². The summed E-state index contributed by atoms with van der Waals surface area (Å²) < 4.78 is 9.04. The Labute approximate surface area is 123 Å². The van der Waals surface area contributed by atoms with Crippen LogP contribution in [0.1, 0.15) is 30.7 Å². The number of aromatic hydroxyl groups is 1. The highest BCUT2D eigenvalue weighted by molar-refractivity contribution is 5.69. The van der Waals surface area contributed by atoms with Crippen molar-refractivity contribution in [3.63, 3.8) is 0 Å². The van der Waals surface area contributed by atoms with Crippen LogP contribution in [0.3, 0.4) is 0 Å². The van der Waals surface area contributed by atoms with E-state index < -0.39 is 0 Å². The van der Waals surface area contributed by atoms with Gasteiger partial charge in [0.2, 0.25) is 0 Å². The van der Waals surface area contributed by atoms with Crippen LogP contribution in [0, 0.1) is 11.8 Å². The first-order valence-corrected chi connectivity index (χ1v) is 6.38. The summed E-state index contributed by atoms with van der Waals surface area (Å²) in [5, 5.41) is 9.67. The molecule has 0 aliphatic carbocycles. The lowest BCUT2D eigenvalue weighted by atomic mass is 10.2. The van der Waals surface area contributed by atoms with Crippen LogP contribution in [0.4, 0.5) is 0 Å². The second-order valence-corrected chi connectivity index (χ2v) is 4.12. The van der Waals surface area contributed by atoms with Crippen molar-refractivity contribution in [3.8, 4) is 17.6 Å². The number of carbonyl (C=O) groups is 2. The third-order valence-electron chi connectivity index (χ3n) is 2.64. The van der Waals surface area contributed by atoms with Gasteiger partial charge in [0.05, 0.1) is 32.8 Å². The van der Waals surface area contributed by atoms with Crippen molar-refractivity contribution in [2.24, 2.45) is 0 Å². The van der Waals surface area contributed by atoms with Crippen LogP contribution in [0.5, 0.6) is 5.75 Å². The van der Waals surface area contributed by atoms with Gasteiger partial charge in [0.25, 0.3) is 0 Å². The zero-order chi connectivity index (χ0) is 15.7. The van der Waals surface area contributed by atoms with Gasteiger partial charge in [-0.25, -0.2) is 4.98 Å². The minimum atomic E-state index is -0.370. The molecule has 0 unspecified atom stereocenters. The van der Waals surface area contributed by atoms with Gasteiger partial charge in [0.15, 0.2) is 0 Å². The lowest BCUT2D eigenvalue weighted by molar-refractivity contribution is -0.141. The number of methoxy groups -OCH3 is 2. The fourth-order valence-corrected chi connectivity index (χ4v) is 1.49. The predicted molar refractivity (Wildman–Crippen MR) is 74.4 cm³/mol. The molecule has 0 radical (unpaired) electrons. The van der Waals surface area contributed by atoms with Crippen LogP contribution in [0.25, 0.3) is 0 Å². The summed E-state index contributed by atoms with van der Waals surface area (Å²) in [4.78, 5) is 26.2. The molecule has 0 saturated carbocycles. The molecule has 1 aromatic rings. The first-order valence-electron chi connectivity index (χ1n) is 6.38. The molecule has 0 saturated heterocycles. The second-order valence-electron chi connectivity index (χ2n) is 4.12. The molecule has 0 aliphatic heterocycles. The van der Waals surface area contributed by atoms with Crippen LogP contribution in [-0.2, 0) is 25.5 Å². The van der Waals surface area contributed by atoms with E-state index in [1.165, 1.54) is 20.3 Å². The van der Waals surface area contributed by atoms with E-state index in [4.69, 9.17) is 0 Å². The number of rotatable bonds is 5. The van der Waals surface area contributed by atoms with Gasteiger partial charge in [-0.3, -0.25) is 9.59 Å². The molecule has 0 fully saturated rings. The number of pyridine rings is 1. The van der Waals surface area contributed by atoms with Gasteiger partial charge in [-0.15, -0.1) is 0 Å². The van der Waals surface area contributed by atoms with E-state index >= 15 is 0 Å². The van der Waals surface area contributed by atoms with Crippen molar-refractivity contribution in [2.75, 3.05) is 14.2 Å². The standard InChI is InChI=1S/C15H17NO5/c1-20-14(18)6-4-3-5-11-7-9-13(17)12(16-11)8-10-15(19)21-2/h7,9,17H,4,6,8,10H2,1-2H3. The van der Waals surface area contributed by atoms with E-state index in [2.05, 4.69) is 26.3 Å². The average molecular weight is 291 g/mol. The average Bonchev–Trinajstić information content (AvgIpc) is 2.50. The van der Waals surface area contributed by atoms with Crippen molar-refractivity contribution in [3.05, 3.63) is 23.5 Å². The second kappa shape index (κ2) is 8.59. The molecule has 112 valence electrons. The van der Waals surface area contributed by atoms with E-state index in [1.807, 2.05) is 0 Å². The Hall–Kier alpha value is -2.55. The Kier molecular flexibility index (Phi) is 6.75. The molecule has 1 aromatic heterocycles. The van der Waals surface area contributed by atoms with Gasteiger partial charge in [0.1, 0.15) is 11.4 Å². The summed E-state index contributed by atoms with van der Waals surface area (Å²) in [6.45, 7) is 0. The van der Waals surface area contributed by atoms with Gasteiger partial charge in [-0.05, 0) is 18.1 Å². The minimum Gasteiger partial charge on any atom is -0.506 e. The maximum absolute atomic E-state index is 11.1. The molecule has 0 aliphatic rings. The summed E-state index contributed by atoms with van der Waals surface area (Å²) in [5.41, 5.74) is 0.859. The van der Waals surface area contributed by atoms with E-state index in [9.17, 15) is 14.7 Å². The highest BCUT2D eigenvalue weighted by atomic mass is 16.5. The van der Waals surface area contributed by atoms with Gasteiger partial charge in [-0.2, -0.15) is 0 Å². The molecule has 0 aromatic carbocycles. The number of carbonyl (C=O) groups excluding carboxylic acids is 2. The Morgan fingerprint density at radius 3 is 2.52 bits per heavy atom. The Morgan fingerprint density at radius 1 is 1.19 bits per heavy atom. The molecule has 0 amide bonds. The fourth-order valence-electron chi connectivity index (χ4n) is 1.49. The molecule has 0 spiro atoms. The maximum atomic E-state index is 11.1. The van der Waals surface area contributed by atoms with Gasteiger partial charge < -0.3 is 14.6 Å². The first-order chi connectivity index (χ1) is 10.1. The molecule has 21 heavy (non-hydrogen) atoms. The van der Waals surface area contributed by atoms with Gasteiger partial charge >= 0.3 is 11.9 Å². The van der Waals surface area contributed by atoms with Crippen molar-refractivity contribution in [1.29, 1.82) is 0 Å². The highest BCUT2D eigenvalue weighted by Crippen LogP contribution is 2.16. The molecule has 0 atom stereocenters. The molecule has 6 heteroatoms. The van der Waals surface area contributed by atoms with Gasteiger partial charge in [0, 0.05) is 12.8 Å². The molecular formula is C15H17NO5. The Bertz CT molecular complexity index is 571. The summed E-state index contributed by atoms with van der Waals surface area (Å²) in [5.74, 6) is 4.93. The first kappa shape index (κ1) is 16.5. The van der Waals surface area contributed by atoms with E-state index in [0.717, 1.165) is 0 Å². The Balaban J connectivity index is 2.66. The zero-order valence-electron chi connectivity index (χ0n) is 12.0. The lowest BCUT2D eigenvalue weighted by Crippen LogP contribution is -2.03. The van der Waals surface area contributed by atoms with Crippen LogP contribution in [-0.4, -0.2) is 36.2 Å². The largest absolute Gasteiger partial charge is 0.506 e. The van der Waals surface area contributed by atoms with Crippen molar-refractivity contribution < 1.29 is 24.2 Å². The number of ether oxygens (including phenoxy) is 2. The summed E-state index contributed by atoms with van der Waals surface area (Å²) in [6, 6.07) is 3.05. The summed E-state index contributed by atoms with van der Waals surface area (Å²) >= 11 is 0. The third kappa shape index (κ3) is 5.95. The monoisotopic (exact) mass is 291 g/mol. The molecule has 0 bridgehead atoms. The molecule has 1 heterocycles. The van der Waals surface area contributed by atoms with Crippen LogP contribution >= 0.6 is 0 Å². The van der Waals surface area contributed by atoms with E-state index in [0.29, 0.717) is 17.8 Å². The smallest absolute Gasteiger partial charge is 0.306 e. The van der Waals surface area contributed by atoms with E-state index in [-0.39, 0.29) is 37.0 Å². The number of hydrogen-bond acceptors (Lipinski definition) is 6. The molecule has 1 rings (SSSR count). The third-order valence-corrected chi connectivity index (χ3v) is 2.64. The zero-order valence-corrected chi connectivity index (χ0v) is 12.0. The highest BCUT2D eigenvalue weighted by Gasteiger charge is 2.07. The van der Waals surface area contributed by atoms with Crippen molar-refractivity contribution in [1.82, 2.24) is 4.98 Å². The summed E-state index contributed by atoms with van der Waals surface area (Å²) in [7, 11) is 2.63. The number of esters is 2.